The summed E-state index contributed by atoms with van der Waals surface area (Å²) in [6, 6.07) is 5.45. The van der Waals surface area contributed by atoms with Crippen LogP contribution in [0.25, 0.3) is 0 Å². The molecule has 4 heteroatoms. The molecule has 1 aromatic rings. The number of hydrogen-bond acceptors (Lipinski definition) is 1. The molecule has 0 unspecified atom stereocenters. The van der Waals surface area contributed by atoms with Gasteiger partial charge in [0.2, 0.25) is 0 Å². The van der Waals surface area contributed by atoms with Gasteiger partial charge in [0.25, 0.3) is 0 Å². The van der Waals surface area contributed by atoms with Gasteiger partial charge in [0, 0.05) is 5.54 Å². The summed E-state index contributed by atoms with van der Waals surface area (Å²) in [5.41, 5.74) is 5.83. The summed E-state index contributed by atoms with van der Waals surface area (Å²) in [6.45, 7) is 0. The van der Waals surface area contributed by atoms with E-state index >= 15 is 0 Å². The van der Waals surface area contributed by atoms with E-state index in [0.29, 0.717) is 12.0 Å². The molecule has 16 heavy (non-hydrogen) atoms. The standard InChI is InChI=1S/C12H14F3N/c13-12(14,15)10-4-1-3-9(7-10)8-11(16)5-2-6-11/h1,3-4,7H,2,5-6,8,16H2. The van der Waals surface area contributed by atoms with Crippen LogP contribution in [-0.2, 0) is 12.6 Å². The van der Waals surface area contributed by atoms with Gasteiger partial charge in [0.1, 0.15) is 0 Å². The Morgan fingerprint density at radius 2 is 1.94 bits per heavy atom. The molecule has 0 spiro atoms. The molecule has 2 N–H and O–H groups in total. The second-order valence-electron chi connectivity index (χ2n) is 4.59. The van der Waals surface area contributed by atoms with Crippen molar-refractivity contribution in [3.63, 3.8) is 0 Å². The topological polar surface area (TPSA) is 26.0 Å². The number of nitrogens with two attached hydrogens (primary N) is 1. The zero-order valence-corrected chi connectivity index (χ0v) is 8.85. The fourth-order valence-corrected chi connectivity index (χ4v) is 2.07. The van der Waals surface area contributed by atoms with Gasteiger partial charge >= 0.3 is 6.18 Å². The third-order valence-electron chi connectivity index (χ3n) is 3.16. The quantitative estimate of drug-likeness (QED) is 0.828. The zero-order chi connectivity index (χ0) is 11.8. The summed E-state index contributed by atoms with van der Waals surface area (Å²) in [4.78, 5) is 0. The van der Waals surface area contributed by atoms with Crippen LogP contribution in [0.4, 0.5) is 13.2 Å². The van der Waals surface area contributed by atoms with Crippen LogP contribution in [0, 0.1) is 0 Å². The summed E-state index contributed by atoms with van der Waals surface area (Å²) in [7, 11) is 0. The first-order valence-corrected chi connectivity index (χ1v) is 5.34. The SMILES string of the molecule is NC1(Cc2cccc(C(F)(F)F)c2)CCC1. The molecule has 1 fully saturated rings. The summed E-state index contributed by atoms with van der Waals surface area (Å²) in [6.07, 6.45) is -0.837. The van der Waals surface area contributed by atoms with Crippen molar-refractivity contribution in [2.24, 2.45) is 5.73 Å². The normalized spacial score (nSPS) is 19.2. The van der Waals surface area contributed by atoms with Gasteiger partial charge in [0.05, 0.1) is 5.56 Å². The molecule has 0 atom stereocenters. The number of hydrogen-bond donors (Lipinski definition) is 1. The molecule has 0 saturated heterocycles. The van der Waals surface area contributed by atoms with Gasteiger partial charge in [-0.15, -0.1) is 0 Å². The molecule has 2 rings (SSSR count). The summed E-state index contributed by atoms with van der Waals surface area (Å²) in [5, 5.41) is 0. The third-order valence-corrected chi connectivity index (χ3v) is 3.16. The lowest BCUT2D eigenvalue weighted by molar-refractivity contribution is -0.137. The van der Waals surface area contributed by atoms with Gasteiger partial charge in [-0.05, 0) is 37.3 Å². The lowest BCUT2D eigenvalue weighted by atomic mass is 9.73. The number of halogens is 3. The fourth-order valence-electron chi connectivity index (χ4n) is 2.07. The van der Waals surface area contributed by atoms with Crippen molar-refractivity contribution in [3.8, 4) is 0 Å². The Morgan fingerprint density at radius 3 is 2.44 bits per heavy atom. The van der Waals surface area contributed by atoms with Crippen LogP contribution in [0.3, 0.4) is 0 Å². The molecular weight excluding hydrogens is 215 g/mol. The minimum atomic E-state index is -4.27. The monoisotopic (exact) mass is 229 g/mol. The van der Waals surface area contributed by atoms with Crippen LogP contribution in [-0.4, -0.2) is 5.54 Å². The second-order valence-corrected chi connectivity index (χ2v) is 4.59. The molecule has 0 radical (unpaired) electrons. The maximum Gasteiger partial charge on any atom is 0.416 e. The van der Waals surface area contributed by atoms with E-state index in [9.17, 15) is 13.2 Å². The predicted molar refractivity (Wildman–Crippen MR) is 55.9 cm³/mol. The Morgan fingerprint density at radius 1 is 1.25 bits per heavy atom. The molecule has 1 saturated carbocycles. The molecule has 88 valence electrons. The van der Waals surface area contributed by atoms with Crippen LogP contribution >= 0.6 is 0 Å². The maximum atomic E-state index is 12.5. The van der Waals surface area contributed by atoms with Crippen molar-refractivity contribution in [3.05, 3.63) is 35.4 Å². The van der Waals surface area contributed by atoms with Gasteiger partial charge in [-0.2, -0.15) is 13.2 Å². The van der Waals surface area contributed by atoms with Gasteiger partial charge < -0.3 is 5.73 Å². The maximum absolute atomic E-state index is 12.5. The Kier molecular flexibility index (Phi) is 2.70. The number of alkyl halides is 3. The van der Waals surface area contributed by atoms with Gasteiger partial charge in [-0.1, -0.05) is 18.2 Å². The lowest BCUT2D eigenvalue weighted by Gasteiger charge is -2.38. The Labute approximate surface area is 92.5 Å². The molecule has 1 nitrogen and oxygen atoms in total. The van der Waals surface area contributed by atoms with E-state index in [1.54, 1.807) is 6.07 Å². The van der Waals surface area contributed by atoms with E-state index in [2.05, 4.69) is 0 Å². The molecule has 0 aliphatic heterocycles. The Balaban J connectivity index is 2.16. The van der Waals surface area contributed by atoms with Crippen molar-refractivity contribution in [1.29, 1.82) is 0 Å². The average molecular weight is 229 g/mol. The highest BCUT2D eigenvalue weighted by molar-refractivity contribution is 5.27. The van der Waals surface area contributed by atoms with Crippen LogP contribution in [0.2, 0.25) is 0 Å². The Hall–Kier alpha value is -1.03. The van der Waals surface area contributed by atoms with Crippen molar-refractivity contribution in [2.75, 3.05) is 0 Å². The molecule has 1 aliphatic rings. The van der Waals surface area contributed by atoms with Crippen LogP contribution in [0.15, 0.2) is 24.3 Å². The van der Waals surface area contributed by atoms with E-state index in [-0.39, 0.29) is 5.54 Å². The Bertz CT molecular complexity index is 380. The highest BCUT2D eigenvalue weighted by atomic mass is 19.4. The second kappa shape index (κ2) is 3.77. The first-order chi connectivity index (χ1) is 7.39. The minimum Gasteiger partial charge on any atom is -0.325 e. The van der Waals surface area contributed by atoms with Gasteiger partial charge in [-0.25, -0.2) is 0 Å². The van der Waals surface area contributed by atoms with Crippen LogP contribution < -0.4 is 5.73 Å². The largest absolute Gasteiger partial charge is 0.416 e. The molecule has 0 heterocycles. The predicted octanol–water partition coefficient (Wildman–Crippen LogP) is 3.13. The smallest absolute Gasteiger partial charge is 0.325 e. The molecule has 1 aliphatic carbocycles. The minimum absolute atomic E-state index is 0.274. The first kappa shape index (κ1) is 11.5. The molecule has 0 bridgehead atoms. The highest BCUT2D eigenvalue weighted by Gasteiger charge is 2.34. The third kappa shape index (κ3) is 2.38. The van der Waals surface area contributed by atoms with Crippen molar-refractivity contribution in [2.45, 2.75) is 37.4 Å². The van der Waals surface area contributed by atoms with Crippen molar-refractivity contribution >= 4 is 0 Å². The summed E-state index contributed by atoms with van der Waals surface area (Å²) in [5.74, 6) is 0. The van der Waals surface area contributed by atoms with E-state index < -0.39 is 11.7 Å². The van der Waals surface area contributed by atoms with Crippen molar-refractivity contribution in [1.82, 2.24) is 0 Å². The van der Waals surface area contributed by atoms with E-state index in [1.165, 1.54) is 12.1 Å². The first-order valence-electron chi connectivity index (χ1n) is 5.34. The average Bonchev–Trinajstić information content (AvgIpc) is 2.14. The van der Waals surface area contributed by atoms with Crippen molar-refractivity contribution < 1.29 is 13.2 Å². The zero-order valence-electron chi connectivity index (χ0n) is 8.85. The fraction of sp³-hybridized carbons (Fsp3) is 0.500. The van der Waals surface area contributed by atoms with Crippen LogP contribution in [0.1, 0.15) is 30.4 Å². The summed E-state index contributed by atoms with van der Waals surface area (Å²) >= 11 is 0. The van der Waals surface area contributed by atoms with E-state index in [1.807, 2.05) is 0 Å². The van der Waals surface area contributed by atoms with E-state index in [0.717, 1.165) is 25.3 Å². The molecule has 0 aromatic heterocycles. The molecule has 0 amide bonds. The lowest BCUT2D eigenvalue weighted by Crippen LogP contribution is -2.48. The van der Waals surface area contributed by atoms with E-state index in [4.69, 9.17) is 5.73 Å². The number of rotatable bonds is 2. The number of benzene rings is 1. The highest BCUT2D eigenvalue weighted by Crippen LogP contribution is 2.34. The van der Waals surface area contributed by atoms with Crippen LogP contribution in [0.5, 0.6) is 0 Å². The van der Waals surface area contributed by atoms with Gasteiger partial charge in [-0.3, -0.25) is 0 Å². The summed E-state index contributed by atoms with van der Waals surface area (Å²) < 4.78 is 37.4. The van der Waals surface area contributed by atoms with Gasteiger partial charge in [0.15, 0.2) is 0 Å². The molecule has 1 aromatic carbocycles. The molecular formula is C12H14F3N.